The smallest absolute Gasteiger partial charge is 0.340 e. The number of aryl methyl sites for hydroxylation is 2. The molecule has 0 saturated carbocycles. The second kappa shape index (κ2) is 8.69. The molecule has 0 radical (unpaired) electrons. The maximum atomic E-state index is 13.6. The third-order valence-corrected chi connectivity index (χ3v) is 8.17. The molecule has 0 N–H and O–H groups in total. The molecule has 6 heteroatoms. The fraction of sp³-hybridized carbons (Fsp3) is 0.281. The van der Waals surface area contributed by atoms with Crippen molar-refractivity contribution < 1.29 is 19.0 Å². The van der Waals surface area contributed by atoms with E-state index < -0.39 is 5.60 Å². The van der Waals surface area contributed by atoms with Crippen molar-refractivity contribution in [3.05, 3.63) is 94.3 Å². The number of aromatic nitrogens is 2. The number of carbonyl (C=O) groups excluding carboxylic acids is 1. The maximum Gasteiger partial charge on any atom is 0.340 e. The van der Waals surface area contributed by atoms with Gasteiger partial charge in [0.1, 0.15) is 11.5 Å². The minimum absolute atomic E-state index is 0.319. The van der Waals surface area contributed by atoms with Gasteiger partial charge >= 0.3 is 5.97 Å². The predicted octanol–water partition coefficient (Wildman–Crippen LogP) is 6.73. The van der Waals surface area contributed by atoms with Crippen molar-refractivity contribution >= 4 is 27.8 Å². The standard InChI is InChI=1S/C32H32N2O4/c1-7-33-19(3)29(24-17-21(36-5)13-15-27(24)33)32(26-12-10-9-11-23(26)31(35)38-32)30-20(4)34(8-2)28-16-14-22(37-6)18-25(28)30/h9-18H,7-8H2,1-6H3. The van der Waals surface area contributed by atoms with Crippen LogP contribution in [0.25, 0.3) is 21.8 Å². The van der Waals surface area contributed by atoms with Crippen LogP contribution in [-0.2, 0) is 23.4 Å². The summed E-state index contributed by atoms with van der Waals surface area (Å²) in [7, 11) is 3.35. The van der Waals surface area contributed by atoms with E-state index in [1.165, 1.54) is 0 Å². The van der Waals surface area contributed by atoms with Gasteiger partial charge in [0.15, 0.2) is 5.60 Å². The fourth-order valence-electron chi connectivity index (χ4n) is 6.59. The van der Waals surface area contributed by atoms with Crippen LogP contribution in [0.15, 0.2) is 60.7 Å². The van der Waals surface area contributed by atoms with Crippen LogP contribution in [-0.4, -0.2) is 29.3 Å². The molecule has 2 aromatic heterocycles. The molecule has 6 rings (SSSR count). The first-order chi connectivity index (χ1) is 18.4. The van der Waals surface area contributed by atoms with Gasteiger partial charge in [-0.2, -0.15) is 0 Å². The number of cyclic esters (lactones) is 1. The third-order valence-electron chi connectivity index (χ3n) is 8.17. The number of benzene rings is 3. The van der Waals surface area contributed by atoms with Crippen LogP contribution in [0, 0.1) is 13.8 Å². The van der Waals surface area contributed by atoms with Crippen LogP contribution in [0.1, 0.15) is 52.3 Å². The van der Waals surface area contributed by atoms with Crippen molar-refractivity contribution in [3.63, 3.8) is 0 Å². The van der Waals surface area contributed by atoms with Gasteiger partial charge in [-0.1, -0.05) is 18.2 Å². The Labute approximate surface area is 222 Å². The molecule has 0 bridgehead atoms. The largest absolute Gasteiger partial charge is 0.497 e. The Morgan fingerprint density at radius 3 is 1.74 bits per heavy atom. The number of fused-ring (bicyclic) bond motifs is 3. The van der Waals surface area contributed by atoms with Crippen molar-refractivity contribution in [2.24, 2.45) is 0 Å². The molecule has 5 aromatic rings. The molecule has 3 aromatic carbocycles. The summed E-state index contributed by atoms with van der Waals surface area (Å²) in [6.45, 7) is 10.1. The number of carbonyl (C=O) groups is 1. The highest BCUT2D eigenvalue weighted by atomic mass is 16.6. The molecule has 1 aliphatic rings. The molecule has 0 amide bonds. The van der Waals surface area contributed by atoms with Gasteiger partial charge in [-0.05, 0) is 70.2 Å². The van der Waals surface area contributed by atoms with Crippen molar-refractivity contribution in [2.45, 2.75) is 46.4 Å². The molecule has 0 fully saturated rings. The Morgan fingerprint density at radius 1 is 0.763 bits per heavy atom. The molecule has 3 heterocycles. The number of hydrogen-bond acceptors (Lipinski definition) is 4. The van der Waals surface area contributed by atoms with E-state index in [9.17, 15) is 4.79 Å². The number of nitrogens with zero attached hydrogens (tertiary/aromatic N) is 2. The Hall–Kier alpha value is -4.19. The summed E-state index contributed by atoms with van der Waals surface area (Å²) in [5.74, 6) is 1.20. The monoisotopic (exact) mass is 508 g/mol. The van der Waals surface area contributed by atoms with Crippen LogP contribution in [0.3, 0.4) is 0 Å². The molecule has 0 unspecified atom stereocenters. The van der Waals surface area contributed by atoms with Crippen LogP contribution >= 0.6 is 0 Å². The second-order valence-electron chi connectivity index (χ2n) is 9.79. The van der Waals surface area contributed by atoms with Gasteiger partial charge in [0.25, 0.3) is 0 Å². The highest BCUT2D eigenvalue weighted by Crippen LogP contribution is 2.54. The zero-order chi connectivity index (χ0) is 26.8. The molecule has 0 saturated heterocycles. The molecular weight excluding hydrogens is 476 g/mol. The third kappa shape index (κ3) is 3.03. The number of hydrogen-bond donors (Lipinski definition) is 0. The van der Waals surface area contributed by atoms with E-state index in [0.29, 0.717) is 5.56 Å². The average molecular weight is 509 g/mol. The highest BCUT2D eigenvalue weighted by molar-refractivity contribution is 6.01. The lowest BCUT2D eigenvalue weighted by Gasteiger charge is -2.31. The summed E-state index contributed by atoms with van der Waals surface area (Å²) in [6.07, 6.45) is 0. The lowest BCUT2D eigenvalue weighted by Crippen LogP contribution is -2.31. The topological polar surface area (TPSA) is 54.6 Å². The van der Waals surface area contributed by atoms with E-state index in [1.807, 2.05) is 36.4 Å². The van der Waals surface area contributed by atoms with Crippen molar-refractivity contribution in [1.29, 1.82) is 0 Å². The molecule has 194 valence electrons. The van der Waals surface area contributed by atoms with E-state index in [1.54, 1.807) is 14.2 Å². The number of methoxy groups -OCH3 is 2. The highest BCUT2D eigenvalue weighted by Gasteiger charge is 2.53. The average Bonchev–Trinajstić information content (AvgIpc) is 3.51. The number of esters is 1. The quantitative estimate of drug-likeness (QED) is 0.239. The summed E-state index contributed by atoms with van der Waals surface area (Å²) in [6, 6.07) is 20.1. The Morgan fingerprint density at radius 2 is 1.26 bits per heavy atom. The summed E-state index contributed by atoms with van der Waals surface area (Å²) in [5, 5.41) is 2.01. The van der Waals surface area contributed by atoms with Gasteiger partial charge in [-0.15, -0.1) is 0 Å². The number of ether oxygens (including phenoxy) is 3. The van der Waals surface area contributed by atoms with Gasteiger partial charge < -0.3 is 23.3 Å². The van der Waals surface area contributed by atoms with Gasteiger partial charge in [-0.25, -0.2) is 4.79 Å². The van der Waals surface area contributed by atoms with Crippen molar-refractivity contribution in [3.8, 4) is 11.5 Å². The van der Waals surface area contributed by atoms with Gasteiger partial charge in [-0.3, -0.25) is 0 Å². The van der Waals surface area contributed by atoms with Crippen LogP contribution in [0.2, 0.25) is 0 Å². The van der Waals surface area contributed by atoms with Gasteiger partial charge in [0.2, 0.25) is 0 Å². The molecular formula is C32H32N2O4. The summed E-state index contributed by atoms with van der Waals surface area (Å²) >= 11 is 0. The minimum Gasteiger partial charge on any atom is -0.497 e. The summed E-state index contributed by atoms with van der Waals surface area (Å²) in [5.41, 5.74) is 6.49. The van der Waals surface area contributed by atoms with E-state index >= 15 is 0 Å². The first-order valence-corrected chi connectivity index (χ1v) is 13.1. The zero-order valence-electron chi connectivity index (χ0n) is 22.7. The van der Waals surface area contributed by atoms with Crippen molar-refractivity contribution in [1.82, 2.24) is 9.13 Å². The SMILES string of the molecule is CCn1c(C)c(C2(c3c(C)n(CC)c4ccc(OC)cc34)OC(=O)c3ccccc32)c2cc(OC)ccc21. The molecule has 6 nitrogen and oxygen atoms in total. The Balaban J connectivity index is 1.86. The molecule has 38 heavy (non-hydrogen) atoms. The first kappa shape index (κ1) is 24.2. The molecule has 0 spiro atoms. The van der Waals surface area contributed by atoms with E-state index in [4.69, 9.17) is 14.2 Å². The predicted molar refractivity (Wildman–Crippen MR) is 150 cm³/mol. The van der Waals surface area contributed by atoms with E-state index in [0.717, 1.165) is 74.5 Å². The Bertz CT molecular complexity index is 1640. The first-order valence-electron chi connectivity index (χ1n) is 13.1. The zero-order valence-corrected chi connectivity index (χ0v) is 22.7. The molecule has 1 aliphatic heterocycles. The van der Waals surface area contributed by atoms with Crippen LogP contribution in [0.5, 0.6) is 11.5 Å². The lowest BCUT2D eigenvalue weighted by atomic mass is 9.77. The van der Waals surface area contributed by atoms with Gasteiger partial charge in [0, 0.05) is 63.0 Å². The fourth-order valence-corrected chi connectivity index (χ4v) is 6.59. The minimum atomic E-state index is -1.15. The Kier molecular flexibility index (Phi) is 5.53. The second-order valence-corrected chi connectivity index (χ2v) is 9.79. The van der Waals surface area contributed by atoms with Crippen molar-refractivity contribution in [2.75, 3.05) is 14.2 Å². The molecule has 0 aliphatic carbocycles. The number of rotatable bonds is 6. The molecule has 0 atom stereocenters. The summed E-state index contributed by atoms with van der Waals surface area (Å²) in [4.78, 5) is 13.6. The maximum absolute atomic E-state index is 13.6. The van der Waals surface area contributed by atoms with Crippen LogP contribution in [0.4, 0.5) is 0 Å². The van der Waals surface area contributed by atoms with Crippen LogP contribution < -0.4 is 9.47 Å². The van der Waals surface area contributed by atoms with E-state index in [2.05, 4.69) is 61.1 Å². The van der Waals surface area contributed by atoms with Gasteiger partial charge in [0.05, 0.1) is 19.8 Å². The lowest BCUT2D eigenvalue weighted by molar-refractivity contribution is 0.0255. The van der Waals surface area contributed by atoms with E-state index in [-0.39, 0.29) is 5.97 Å². The normalized spacial score (nSPS) is 14.2. The summed E-state index contributed by atoms with van der Waals surface area (Å²) < 4.78 is 22.6.